The van der Waals surface area contributed by atoms with Crippen LogP contribution in [0.25, 0.3) is 0 Å². The largest absolute Gasteiger partial charge is 0.381 e. The van der Waals surface area contributed by atoms with Gasteiger partial charge in [-0.25, -0.2) is 0 Å². The van der Waals surface area contributed by atoms with Gasteiger partial charge in [0.05, 0.1) is 6.10 Å². The maximum absolute atomic E-state index is 11.5. The molecule has 2 atom stereocenters. The second kappa shape index (κ2) is 3.90. The van der Waals surface area contributed by atoms with Crippen LogP contribution >= 0.6 is 0 Å². The average Bonchev–Trinajstić information content (AvgIpc) is 2.50. The highest BCUT2D eigenvalue weighted by Crippen LogP contribution is 2.28. The summed E-state index contributed by atoms with van der Waals surface area (Å²) in [6.07, 6.45) is 3.21. The number of rotatable bonds is 2. The number of methoxy groups -OCH3 is 1. The number of ether oxygens (including phenoxy) is 1. The highest BCUT2D eigenvalue weighted by Gasteiger charge is 2.30. The van der Waals surface area contributed by atoms with Crippen molar-refractivity contribution in [2.24, 2.45) is 5.92 Å². The van der Waals surface area contributed by atoms with Crippen LogP contribution in [0.3, 0.4) is 0 Å². The van der Waals surface area contributed by atoms with Gasteiger partial charge in [0.1, 0.15) is 0 Å². The second-order valence-corrected chi connectivity index (χ2v) is 3.60. The minimum absolute atomic E-state index is 0.199. The van der Waals surface area contributed by atoms with Crippen LogP contribution in [0.15, 0.2) is 0 Å². The van der Waals surface area contributed by atoms with Crippen LogP contribution in [0, 0.1) is 5.92 Å². The van der Waals surface area contributed by atoms with E-state index in [4.69, 9.17) is 4.74 Å². The van der Waals surface area contributed by atoms with E-state index >= 15 is 0 Å². The number of nitrogens with zero attached hydrogens (tertiary/aromatic N) is 1. The Labute approximate surface area is 73.7 Å². The molecule has 1 saturated carbocycles. The van der Waals surface area contributed by atoms with Crippen molar-refractivity contribution in [3.05, 3.63) is 0 Å². The maximum atomic E-state index is 11.5. The van der Waals surface area contributed by atoms with Crippen molar-refractivity contribution in [1.82, 2.24) is 4.90 Å². The lowest BCUT2D eigenvalue weighted by Crippen LogP contribution is -2.28. The van der Waals surface area contributed by atoms with E-state index in [-0.39, 0.29) is 11.8 Å². The first-order valence-electron chi connectivity index (χ1n) is 4.39. The summed E-state index contributed by atoms with van der Waals surface area (Å²) in [6.45, 7) is 0. The predicted molar refractivity (Wildman–Crippen MR) is 46.8 cm³/mol. The van der Waals surface area contributed by atoms with Crippen LogP contribution in [0.2, 0.25) is 0 Å². The molecule has 0 aliphatic heterocycles. The lowest BCUT2D eigenvalue weighted by molar-refractivity contribution is -0.133. The molecule has 2 unspecified atom stereocenters. The standard InChI is InChI=1S/C9H17NO2/c1-10(2)9(11)7-4-5-8(6-7)12-3/h7-8H,4-6H2,1-3H3. The molecule has 0 saturated heterocycles. The molecule has 0 aromatic heterocycles. The van der Waals surface area contributed by atoms with Crippen LogP contribution < -0.4 is 0 Å². The van der Waals surface area contributed by atoms with Crippen LogP contribution in [0.5, 0.6) is 0 Å². The van der Waals surface area contributed by atoms with E-state index in [0.29, 0.717) is 6.10 Å². The van der Waals surface area contributed by atoms with Crippen molar-refractivity contribution in [3.63, 3.8) is 0 Å². The Balaban J connectivity index is 2.41. The number of amides is 1. The molecule has 1 aliphatic carbocycles. The molecule has 1 amide bonds. The van der Waals surface area contributed by atoms with Crippen molar-refractivity contribution < 1.29 is 9.53 Å². The van der Waals surface area contributed by atoms with Crippen molar-refractivity contribution in [1.29, 1.82) is 0 Å². The fraction of sp³-hybridized carbons (Fsp3) is 0.889. The van der Waals surface area contributed by atoms with Crippen molar-refractivity contribution in [2.45, 2.75) is 25.4 Å². The first-order chi connectivity index (χ1) is 5.65. The van der Waals surface area contributed by atoms with Gasteiger partial charge in [0, 0.05) is 27.1 Å². The molecule has 70 valence electrons. The smallest absolute Gasteiger partial charge is 0.225 e. The second-order valence-electron chi connectivity index (χ2n) is 3.60. The molecule has 0 bridgehead atoms. The zero-order valence-electron chi connectivity index (χ0n) is 8.04. The molecule has 0 radical (unpaired) electrons. The quantitative estimate of drug-likeness (QED) is 0.617. The minimum Gasteiger partial charge on any atom is -0.381 e. The van der Waals surface area contributed by atoms with Gasteiger partial charge in [-0.1, -0.05) is 0 Å². The normalized spacial score (nSPS) is 28.9. The first-order valence-corrected chi connectivity index (χ1v) is 4.39. The first kappa shape index (κ1) is 9.52. The van der Waals surface area contributed by atoms with Gasteiger partial charge in [0.25, 0.3) is 0 Å². The Hall–Kier alpha value is -0.570. The zero-order valence-corrected chi connectivity index (χ0v) is 8.04. The van der Waals surface area contributed by atoms with E-state index in [0.717, 1.165) is 19.3 Å². The Morgan fingerprint density at radius 2 is 2.08 bits per heavy atom. The summed E-state index contributed by atoms with van der Waals surface area (Å²) in [5.74, 6) is 0.444. The van der Waals surface area contributed by atoms with Gasteiger partial charge >= 0.3 is 0 Å². The van der Waals surface area contributed by atoms with Gasteiger partial charge in [0.2, 0.25) is 5.91 Å². The number of hydrogen-bond donors (Lipinski definition) is 0. The number of carbonyl (C=O) groups is 1. The molecule has 0 N–H and O–H groups in total. The monoisotopic (exact) mass is 171 g/mol. The summed E-state index contributed by atoms with van der Waals surface area (Å²) < 4.78 is 5.20. The summed E-state index contributed by atoms with van der Waals surface area (Å²) >= 11 is 0. The molecule has 1 fully saturated rings. The van der Waals surface area contributed by atoms with E-state index in [9.17, 15) is 4.79 Å². The van der Waals surface area contributed by atoms with Crippen LogP contribution in [0.4, 0.5) is 0 Å². The molecule has 3 nitrogen and oxygen atoms in total. The third-order valence-corrected chi connectivity index (χ3v) is 2.51. The van der Waals surface area contributed by atoms with Crippen LogP contribution in [-0.4, -0.2) is 38.1 Å². The Morgan fingerprint density at radius 1 is 1.42 bits per heavy atom. The molecule has 0 spiro atoms. The number of hydrogen-bond acceptors (Lipinski definition) is 2. The van der Waals surface area contributed by atoms with E-state index in [1.165, 1.54) is 0 Å². The van der Waals surface area contributed by atoms with Crippen molar-refractivity contribution >= 4 is 5.91 Å². The fourth-order valence-corrected chi connectivity index (χ4v) is 1.74. The fourth-order valence-electron chi connectivity index (χ4n) is 1.74. The summed E-state index contributed by atoms with van der Waals surface area (Å²) in [6, 6.07) is 0. The van der Waals surface area contributed by atoms with E-state index < -0.39 is 0 Å². The molecule has 12 heavy (non-hydrogen) atoms. The molecule has 3 heteroatoms. The summed E-state index contributed by atoms with van der Waals surface area (Å²) in [4.78, 5) is 13.1. The van der Waals surface area contributed by atoms with Crippen LogP contribution in [0.1, 0.15) is 19.3 Å². The lowest BCUT2D eigenvalue weighted by atomic mass is 10.1. The molecule has 0 aromatic rings. The number of carbonyl (C=O) groups excluding carboxylic acids is 1. The average molecular weight is 171 g/mol. The van der Waals surface area contributed by atoms with Gasteiger partial charge in [0.15, 0.2) is 0 Å². The predicted octanol–water partition coefficient (Wildman–Crippen LogP) is 0.890. The summed E-state index contributed by atoms with van der Waals surface area (Å²) in [5.41, 5.74) is 0. The van der Waals surface area contributed by atoms with E-state index in [1.54, 1.807) is 12.0 Å². The van der Waals surface area contributed by atoms with Gasteiger partial charge in [-0.05, 0) is 19.3 Å². The maximum Gasteiger partial charge on any atom is 0.225 e. The van der Waals surface area contributed by atoms with Gasteiger partial charge < -0.3 is 9.64 Å². The molecule has 1 rings (SSSR count). The molecule has 1 aliphatic rings. The van der Waals surface area contributed by atoms with E-state index in [1.807, 2.05) is 14.1 Å². The molecule has 0 aromatic carbocycles. The molecule has 0 heterocycles. The van der Waals surface area contributed by atoms with Gasteiger partial charge in [-0.2, -0.15) is 0 Å². The summed E-state index contributed by atoms with van der Waals surface area (Å²) in [7, 11) is 5.33. The third kappa shape index (κ3) is 1.97. The van der Waals surface area contributed by atoms with E-state index in [2.05, 4.69) is 0 Å². The topological polar surface area (TPSA) is 29.5 Å². The Bertz CT molecular complexity index is 168. The van der Waals surface area contributed by atoms with Gasteiger partial charge in [-0.3, -0.25) is 4.79 Å². The zero-order chi connectivity index (χ0) is 9.14. The molecular weight excluding hydrogens is 154 g/mol. The third-order valence-electron chi connectivity index (χ3n) is 2.51. The molecular formula is C9H17NO2. The SMILES string of the molecule is COC1CCC(C(=O)N(C)C)C1. The minimum atomic E-state index is 0.199. The highest BCUT2D eigenvalue weighted by molar-refractivity contribution is 5.78. The van der Waals surface area contributed by atoms with Crippen molar-refractivity contribution in [2.75, 3.05) is 21.2 Å². The van der Waals surface area contributed by atoms with Crippen LogP contribution in [-0.2, 0) is 9.53 Å². The Morgan fingerprint density at radius 3 is 2.50 bits per heavy atom. The Kier molecular flexibility index (Phi) is 3.09. The lowest BCUT2D eigenvalue weighted by Gasteiger charge is -2.15. The van der Waals surface area contributed by atoms with Gasteiger partial charge in [-0.15, -0.1) is 0 Å². The summed E-state index contributed by atoms with van der Waals surface area (Å²) in [5, 5.41) is 0. The highest BCUT2D eigenvalue weighted by atomic mass is 16.5. The van der Waals surface area contributed by atoms with Crippen molar-refractivity contribution in [3.8, 4) is 0 Å².